The Morgan fingerprint density at radius 1 is 1.07 bits per heavy atom. The lowest BCUT2D eigenvalue weighted by Gasteiger charge is -2.11. The number of carbonyl (C=O) groups excluding carboxylic acids is 1. The van der Waals surface area contributed by atoms with Crippen molar-refractivity contribution in [3.05, 3.63) is 87.6 Å². The van der Waals surface area contributed by atoms with Crippen molar-refractivity contribution in [2.45, 2.75) is 4.90 Å². The Morgan fingerprint density at radius 2 is 1.77 bits per heavy atom. The highest BCUT2D eigenvalue weighted by molar-refractivity contribution is 7.89. The highest BCUT2D eigenvalue weighted by Crippen LogP contribution is 2.19. The summed E-state index contributed by atoms with van der Waals surface area (Å²) in [6.45, 7) is 0. The van der Waals surface area contributed by atoms with Gasteiger partial charge in [0.2, 0.25) is 10.0 Å². The Hall–Kier alpha value is -3.21. The van der Waals surface area contributed by atoms with Crippen molar-refractivity contribution in [1.29, 1.82) is 0 Å². The number of pyridine rings is 1. The fourth-order valence-corrected chi connectivity index (χ4v) is 3.41. The van der Waals surface area contributed by atoms with Gasteiger partial charge in [-0.05, 0) is 55.6 Å². The van der Waals surface area contributed by atoms with Gasteiger partial charge in [-0.3, -0.25) is 25.0 Å². The summed E-state index contributed by atoms with van der Waals surface area (Å²) in [6.07, 6.45) is 1.32. The lowest BCUT2D eigenvalue weighted by atomic mass is 10.2. The van der Waals surface area contributed by atoms with Crippen LogP contribution in [0.3, 0.4) is 0 Å². The van der Waals surface area contributed by atoms with E-state index in [1.807, 2.05) is 0 Å². The van der Waals surface area contributed by atoms with E-state index in [1.54, 1.807) is 0 Å². The molecule has 1 amide bonds. The first kappa shape index (κ1) is 21.5. The molecular weight excluding hydrogens is 435 g/mol. The van der Waals surface area contributed by atoms with Gasteiger partial charge in [-0.1, -0.05) is 11.6 Å². The number of rotatable bonds is 6. The molecule has 0 saturated heterocycles. The molecule has 0 aliphatic rings. The van der Waals surface area contributed by atoms with E-state index in [0.29, 0.717) is 11.4 Å². The SMILES string of the molecule is CNS(=O)(=O)c1ccc(-n2cc(C(=O)NNc3ccc(F)c(Cl)c3)ccc2=O)cc1. The molecule has 0 aliphatic heterocycles. The van der Waals surface area contributed by atoms with Crippen LogP contribution in [0, 0.1) is 5.82 Å². The van der Waals surface area contributed by atoms with Crippen LogP contribution in [0.5, 0.6) is 0 Å². The number of hydrogen-bond donors (Lipinski definition) is 3. The molecule has 0 unspecified atom stereocenters. The van der Waals surface area contributed by atoms with Crippen molar-refractivity contribution in [3.8, 4) is 5.69 Å². The lowest BCUT2D eigenvalue weighted by Crippen LogP contribution is -2.30. The number of benzene rings is 2. The molecular formula is C19H16ClFN4O4S. The van der Waals surface area contributed by atoms with Crippen LogP contribution in [0.25, 0.3) is 5.69 Å². The van der Waals surface area contributed by atoms with E-state index in [1.165, 1.54) is 66.3 Å². The first-order valence-corrected chi connectivity index (χ1v) is 10.4. The minimum absolute atomic E-state index is 0.0397. The van der Waals surface area contributed by atoms with Gasteiger partial charge in [0.05, 0.1) is 21.2 Å². The maximum atomic E-state index is 13.2. The average molecular weight is 451 g/mol. The largest absolute Gasteiger partial charge is 0.298 e. The number of anilines is 1. The number of sulfonamides is 1. The molecule has 3 aromatic rings. The van der Waals surface area contributed by atoms with E-state index in [-0.39, 0.29) is 15.5 Å². The summed E-state index contributed by atoms with van der Waals surface area (Å²) in [6, 6.07) is 12.0. The van der Waals surface area contributed by atoms with Gasteiger partial charge < -0.3 is 0 Å². The summed E-state index contributed by atoms with van der Waals surface area (Å²) in [5.74, 6) is -1.15. The molecule has 8 nitrogen and oxygen atoms in total. The third kappa shape index (κ3) is 4.67. The van der Waals surface area contributed by atoms with Crippen LogP contribution in [0.2, 0.25) is 5.02 Å². The monoisotopic (exact) mass is 450 g/mol. The molecule has 0 atom stereocenters. The fourth-order valence-electron chi connectivity index (χ4n) is 2.50. The summed E-state index contributed by atoms with van der Waals surface area (Å²) in [7, 11) is -2.32. The molecule has 1 aromatic heterocycles. The normalized spacial score (nSPS) is 11.2. The van der Waals surface area contributed by atoms with Gasteiger partial charge in [0, 0.05) is 18.0 Å². The Bertz CT molecular complexity index is 1260. The molecule has 0 aliphatic carbocycles. The number of hydrogen-bond acceptors (Lipinski definition) is 5. The molecule has 0 saturated carbocycles. The number of nitrogens with one attached hydrogen (secondary N) is 3. The minimum Gasteiger partial charge on any atom is -0.298 e. The molecule has 3 rings (SSSR count). The lowest BCUT2D eigenvalue weighted by molar-refractivity contribution is 0.0962. The van der Waals surface area contributed by atoms with Gasteiger partial charge in [0.15, 0.2) is 0 Å². The van der Waals surface area contributed by atoms with E-state index < -0.39 is 27.3 Å². The zero-order chi connectivity index (χ0) is 21.9. The van der Waals surface area contributed by atoms with E-state index >= 15 is 0 Å². The van der Waals surface area contributed by atoms with E-state index in [4.69, 9.17) is 11.6 Å². The molecule has 11 heteroatoms. The molecule has 0 spiro atoms. The number of hydrazine groups is 1. The van der Waals surface area contributed by atoms with Gasteiger partial charge in [0.1, 0.15) is 5.82 Å². The number of carbonyl (C=O) groups is 1. The average Bonchev–Trinajstić information content (AvgIpc) is 2.74. The standard InChI is InChI=1S/C19H16ClFN4O4S/c1-22-30(28,29)15-6-4-14(5-7-15)25-11-12(2-9-18(25)26)19(27)24-23-13-3-8-17(21)16(20)10-13/h2-11,22-23H,1H3,(H,24,27). The molecule has 1 heterocycles. The number of aromatic nitrogens is 1. The van der Waals surface area contributed by atoms with E-state index in [2.05, 4.69) is 15.6 Å². The molecule has 0 radical (unpaired) electrons. The second kappa shape index (κ2) is 8.66. The van der Waals surface area contributed by atoms with Gasteiger partial charge in [-0.25, -0.2) is 17.5 Å². The number of amides is 1. The molecule has 0 bridgehead atoms. The van der Waals surface area contributed by atoms with Crippen molar-refractivity contribution < 1.29 is 17.6 Å². The molecule has 30 heavy (non-hydrogen) atoms. The van der Waals surface area contributed by atoms with Gasteiger partial charge >= 0.3 is 0 Å². The zero-order valence-corrected chi connectivity index (χ0v) is 17.1. The smallest absolute Gasteiger partial charge is 0.271 e. The topological polar surface area (TPSA) is 109 Å². The minimum atomic E-state index is -3.61. The summed E-state index contributed by atoms with van der Waals surface area (Å²) in [5, 5.41) is -0.105. The third-order valence-electron chi connectivity index (χ3n) is 4.11. The third-order valence-corrected chi connectivity index (χ3v) is 5.83. The van der Waals surface area contributed by atoms with Crippen molar-refractivity contribution >= 4 is 33.2 Å². The van der Waals surface area contributed by atoms with Crippen LogP contribution in [-0.4, -0.2) is 25.9 Å². The van der Waals surface area contributed by atoms with E-state index in [0.717, 1.165) is 6.07 Å². The first-order valence-electron chi connectivity index (χ1n) is 8.49. The van der Waals surface area contributed by atoms with Gasteiger partial charge in [0.25, 0.3) is 11.5 Å². The number of nitrogens with zero attached hydrogens (tertiary/aromatic N) is 1. The van der Waals surface area contributed by atoms with Crippen LogP contribution in [0.15, 0.2) is 70.5 Å². The van der Waals surface area contributed by atoms with Crippen LogP contribution < -0.4 is 21.1 Å². The van der Waals surface area contributed by atoms with Crippen molar-refractivity contribution in [2.75, 3.05) is 12.5 Å². The van der Waals surface area contributed by atoms with E-state index in [9.17, 15) is 22.4 Å². The van der Waals surface area contributed by atoms with Crippen molar-refractivity contribution in [3.63, 3.8) is 0 Å². The first-order chi connectivity index (χ1) is 14.2. The van der Waals surface area contributed by atoms with Crippen LogP contribution >= 0.6 is 11.6 Å². The second-order valence-electron chi connectivity index (χ2n) is 6.04. The van der Waals surface area contributed by atoms with Crippen LogP contribution in [-0.2, 0) is 10.0 Å². The predicted molar refractivity (Wildman–Crippen MR) is 111 cm³/mol. The Balaban J connectivity index is 1.81. The van der Waals surface area contributed by atoms with Crippen molar-refractivity contribution in [2.24, 2.45) is 0 Å². The van der Waals surface area contributed by atoms with Gasteiger partial charge in [-0.2, -0.15) is 0 Å². The van der Waals surface area contributed by atoms with Crippen LogP contribution in [0.1, 0.15) is 10.4 Å². The Morgan fingerprint density at radius 3 is 2.40 bits per heavy atom. The molecule has 2 aromatic carbocycles. The summed E-state index contributed by atoms with van der Waals surface area (Å²) >= 11 is 5.69. The number of halogens is 2. The summed E-state index contributed by atoms with van der Waals surface area (Å²) < 4.78 is 40.2. The fraction of sp³-hybridized carbons (Fsp3) is 0.0526. The summed E-state index contributed by atoms with van der Waals surface area (Å²) in [5.41, 5.74) is 5.52. The quantitative estimate of drug-likeness (QED) is 0.499. The highest BCUT2D eigenvalue weighted by Gasteiger charge is 2.13. The van der Waals surface area contributed by atoms with Gasteiger partial charge in [-0.15, -0.1) is 0 Å². The predicted octanol–water partition coefficient (Wildman–Crippen LogP) is 2.29. The van der Waals surface area contributed by atoms with Crippen molar-refractivity contribution in [1.82, 2.24) is 14.7 Å². The zero-order valence-electron chi connectivity index (χ0n) is 15.5. The van der Waals surface area contributed by atoms with Crippen LogP contribution in [0.4, 0.5) is 10.1 Å². The second-order valence-corrected chi connectivity index (χ2v) is 8.33. The highest BCUT2D eigenvalue weighted by atomic mass is 35.5. The maximum Gasteiger partial charge on any atom is 0.271 e. The maximum absolute atomic E-state index is 13.2. The Labute approximate surface area is 176 Å². The Kier molecular flexibility index (Phi) is 6.20. The molecule has 3 N–H and O–H groups in total. The summed E-state index contributed by atoms with van der Waals surface area (Å²) in [4.78, 5) is 24.7. The molecule has 156 valence electrons. The molecule has 0 fully saturated rings.